The lowest BCUT2D eigenvalue weighted by molar-refractivity contribution is -0.115. The maximum atomic E-state index is 12.1. The average Bonchev–Trinajstić information content (AvgIpc) is 3.05. The van der Waals surface area contributed by atoms with E-state index in [0.29, 0.717) is 23.0 Å². The minimum absolute atomic E-state index is 0.443. The largest absolute Gasteiger partial charge is 0.366 e. The van der Waals surface area contributed by atoms with Gasteiger partial charge >= 0.3 is 0 Å². The van der Waals surface area contributed by atoms with Crippen LogP contribution in [0.1, 0.15) is 18.5 Å². The lowest BCUT2D eigenvalue weighted by Gasteiger charge is -2.27. The highest BCUT2D eigenvalue weighted by atomic mass is 16.1. The number of nitrogens with zero attached hydrogens (tertiary/aromatic N) is 4. The molecule has 25 heavy (non-hydrogen) atoms. The summed E-state index contributed by atoms with van der Waals surface area (Å²) in [7, 11) is 0. The number of anilines is 1. The Balaban J connectivity index is 1.89. The Hall–Kier alpha value is -3.48. The van der Waals surface area contributed by atoms with Crippen LogP contribution in [0.15, 0.2) is 66.1 Å². The number of allylic oxidation sites excluding steroid dienone is 1. The van der Waals surface area contributed by atoms with Crippen LogP contribution in [0.4, 0.5) is 5.95 Å². The number of fused-ring (bicyclic) bond motifs is 1. The summed E-state index contributed by atoms with van der Waals surface area (Å²) >= 11 is 0. The number of rotatable bonds is 3. The number of benzene rings is 1. The summed E-state index contributed by atoms with van der Waals surface area (Å²) in [5.41, 5.74) is 8.55. The van der Waals surface area contributed by atoms with Crippen LogP contribution in [0.2, 0.25) is 0 Å². The molecule has 0 spiro atoms. The molecular formula is C18H16N6O. The molecule has 0 fully saturated rings. The fraction of sp³-hybridized carbons (Fsp3) is 0.111. The van der Waals surface area contributed by atoms with Gasteiger partial charge in [-0.2, -0.15) is 4.98 Å². The van der Waals surface area contributed by atoms with Crippen molar-refractivity contribution in [2.75, 3.05) is 5.32 Å². The van der Waals surface area contributed by atoms with Gasteiger partial charge < -0.3 is 11.1 Å². The lowest BCUT2D eigenvalue weighted by atomic mass is 9.96. The molecule has 7 nitrogen and oxygen atoms in total. The molecule has 0 bridgehead atoms. The first-order valence-corrected chi connectivity index (χ1v) is 7.84. The van der Waals surface area contributed by atoms with Crippen molar-refractivity contribution in [1.82, 2.24) is 19.7 Å². The fourth-order valence-corrected chi connectivity index (χ4v) is 3.03. The molecule has 124 valence electrons. The van der Waals surface area contributed by atoms with Crippen LogP contribution >= 0.6 is 0 Å². The van der Waals surface area contributed by atoms with Crippen LogP contribution in [0, 0.1) is 0 Å². The van der Waals surface area contributed by atoms with Gasteiger partial charge in [-0.3, -0.25) is 9.78 Å². The third-order valence-corrected chi connectivity index (χ3v) is 4.17. The second kappa shape index (κ2) is 5.86. The number of hydrogen-bond acceptors (Lipinski definition) is 5. The van der Waals surface area contributed by atoms with Gasteiger partial charge in [-0.05, 0) is 24.6 Å². The monoisotopic (exact) mass is 332 g/mol. The van der Waals surface area contributed by atoms with E-state index in [9.17, 15) is 4.79 Å². The number of nitrogens with two attached hydrogens (primary N) is 1. The highest BCUT2D eigenvalue weighted by molar-refractivity contribution is 5.95. The quantitative estimate of drug-likeness (QED) is 0.765. The van der Waals surface area contributed by atoms with E-state index in [1.165, 1.54) is 0 Å². The number of hydrogen-bond donors (Lipinski definition) is 2. The van der Waals surface area contributed by atoms with E-state index in [-0.39, 0.29) is 0 Å². The standard InChI is InChI=1S/C18H16N6O/c1-11-14(16(19)25)15(12-7-9-20-10-8-12)24-18(21-11)22-17(23-24)13-5-3-2-4-6-13/h2-10,15H,1H3,(H2,19,25)(H,21,22,23). The number of carbonyl (C=O) groups is 1. The molecule has 1 amide bonds. The van der Waals surface area contributed by atoms with E-state index >= 15 is 0 Å². The van der Waals surface area contributed by atoms with Gasteiger partial charge in [0.25, 0.3) is 0 Å². The summed E-state index contributed by atoms with van der Waals surface area (Å²) in [6.45, 7) is 1.81. The summed E-state index contributed by atoms with van der Waals surface area (Å²) in [4.78, 5) is 20.7. The molecule has 1 unspecified atom stereocenters. The number of aromatic nitrogens is 4. The van der Waals surface area contributed by atoms with Gasteiger partial charge in [0.1, 0.15) is 6.04 Å². The normalized spacial score (nSPS) is 16.3. The molecular weight excluding hydrogens is 316 g/mol. The second-order valence-electron chi connectivity index (χ2n) is 5.78. The van der Waals surface area contributed by atoms with Crippen molar-refractivity contribution >= 4 is 11.9 Å². The molecule has 1 atom stereocenters. The Morgan fingerprint density at radius 2 is 1.88 bits per heavy atom. The van der Waals surface area contributed by atoms with E-state index in [1.807, 2.05) is 49.4 Å². The Morgan fingerprint density at radius 3 is 2.56 bits per heavy atom. The van der Waals surface area contributed by atoms with Crippen molar-refractivity contribution < 1.29 is 4.79 Å². The molecule has 0 saturated carbocycles. The molecule has 7 heteroatoms. The number of primary amides is 1. The zero-order valence-electron chi connectivity index (χ0n) is 13.5. The van der Waals surface area contributed by atoms with E-state index in [1.54, 1.807) is 17.1 Å². The molecule has 3 aromatic rings. The Morgan fingerprint density at radius 1 is 1.16 bits per heavy atom. The number of pyridine rings is 1. The Bertz CT molecular complexity index is 962. The number of carbonyl (C=O) groups excluding carboxylic acids is 1. The zero-order valence-corrected chi connectivity index (χ0v) is 13.5. The molecule has 3 heterocycles. The summed E-state index contributed by atoms with van der Waals surface area (Å²) in [6.07, 6.45) is 3.36. The first-order chi connectivity index (χ1) is 12.1. The predicted octanol–water partition coefficient (Wildman–Crippen LogP) is 2.11. The Kier molecular flexibility index (Phi) is 3.53. The third-order valence-electron chi connectivity index (χ3n) is 4.17. The highest BCUT2D eigenvalue weighted by Crippen LogP contribution is 2.35. The molecule has 0 saturated heterocycles. The van der Waals surface area contributed by atoms with Crippen molar-refractivity contribution in [3.8, 4) is 11.4 Å². The minimum Gasteiger partial charge on any atom is -0.366 e. The molecule has 0 aliphatic carbocycles. The van der Waals surface area contributed by atoms with E-state index in [4.69, 9.17) is 5.73 Å². The highest BCUT2D eigenvalue weighted by Gasteiger charge is 2.33. The van der Waals surface area contributed by atoms with Crippen LogP contribution in [0.5, 0.6) is 0 Å². The predicted molar refractivity (Wildman–Crippen MR) is 93.4 cm³/mol. The number of nitrogens with one attached hydrogen (secondary N) is 1. The van der Waals surface area contributed by atoms with E-state index < -0.39 is 11.9 Å². The molecule has 3 N–H and O–H groups in total. The summed E-state index contributed by atoms with van der Waals surface area (Å²) in [5, 5.41) is 7.76. The molecule has 1 aliphatic rings. The average molecular weight is 332 g/mol. The van der Waals surface area contributed by atoms with Gasteiger partial charge in [0.05, 0.1) is 5.57 Å². The molecule has 4 rings (SSSR count). The van der Waals surface area contributed by atoms with Crippen molar-refractivity contribution in [3.05, 3.63) is 71.7 Å². The van der Waals surface area contributed by atoms with Crippen LogP contribution < -0.4 is 11.1 Å². The van der Waals surface area contributed by atoms with Crippen LogP contribution in [-0.4, -0.2) is 25.7 Å². The van der Waals surface area contributed by atoms with Crippen molar-refractivity contribution in [1.29, 1.82) is 0 Å². The zero-order chi connectivity index (χ0) is 17.4. The maximum Gasteiger partial charge on any atom is 0.248 e. The third kappa shape index (κ3) is 2.55. The van der Waals surface area contributed by atoms with Crippen LogP contribution in [0.3, 0.4) is 0 Å². The minimum atomic E-state index is -0.491. The van der Waals surface area contributed by atoms with E-state index in [2.05, 4.69) is 20.4 Å². The van der Waals surface area contributed by atoms with Gasteiger partial charge in [0.15, 0.2) is 5.82 Å². The number of amides is 1. The molecule has 0 radical (unpaired) electrons. The summed E-state index contributed by atoms with van der Waals surface area (Å²) in [5.74, 6) is 0.665. The lowest BCUT2D eigenvalue weighted by Crippen LogP contribution is -2.31. The van der Waals surface area contributed by atoms with Gasteiger partial charge in [-0.1, -0.05) is 30.3 Å². The SMILES string of the molecule is CC1=C(C(N)=O)C(c2ccncc2)n2nc(-c3ccccc3)nc2N1. The maximum absolute atomic E-state index is 12.1. The molecule has 1 aliphatic heterocycles. The van der Waals surface area contributed by atoms with Gasteiger partial charge in [0, 0.05) is 23.7 Å². The van der Waals surface area contributed by atoms with Crippen molar-refractivity contribution in [2.45, 2.75) is 13.0 Å². The van der Waals surface area contributed by atoms with Crippen molar-refractivity contribution in [3.63, 3.8) is 0 Å². The molecule has 2 aromatic heterocycles. The summed E-state index contributed by atoms with van der Waals surface area (Å²) < 4.78 is 1.70. The van der Waals surface area contributed by atoms with Gasteiger partial charge in [-0.15, -0.1) is 5.10 Å². The first-order valence-electron chi connectivity index (χ1n) is 7.84. The second-order valence-corrected chi connectivity index (χ2v) is 5.78. The van der Waals surface area contributed by atoms with Gasteiger partial charge in [0.2, 0.25) is 11.9 Å². The van der Waals surface area contributed by atoms with Gasteiger partial charge in [-0.25, -0.2) is 4.68 Å². The first kappa shape index (κ1) is 15.1. The fourth-order valence-electron chi connectivity index (χ4n) is 3.03. The topological polar surface area (TPSA) is 98.7 Å². The summed E-state index contributed by atoms with van der Waals surface area (Å²) in [6, 6.07) is 12.9. The smallest absolute Gasteiger partial charge is 0.248 e. The van der Waals surface area contributed by atoms with Crippen molar-refractivity contribution in [2.24, 2.45) is 5.73 Å². The van der Waals surface area contributed by atoms with Crippen LogP contribution in [-0.2, 0) is 4.79 Å². The van der Waals surface area contributed by atoms with Crippen LogP contribution in [0.25, 0.3) is 11.4 Å². The Labute approximate surface area is 144 Å². The van der Waals surface area contributed by atoms with E-state index in [0.717, 1.165) is 11.1 Å². The molecule has 1 aromatic carbocycles.